The zero-order valence-corrected chi connectivity index (χ0v) is 7.32. The third-order valence-electron chi connectivity index (χ3n) is 3.12. The molecule has 0 radical (unpaired) electrons. The lowest BCUT2D eigenvalue weighted by atomic mass is 10.1. The maximum atomic E-state index is 11.3. The van der Waals surface area contributed by atoms with Crippen LogP contribution in [0.1, 0.15) is 19.3 Å². The number of carboxylic acid groups (broad SMARTS) is 1. The van der Waals surface area contributed by atoms with Crippen molar-refractivity contribution in [2.45, 2.75) is 19.3 Å². The van der Waals surface area contributed by atoms with E-state index in [1.807, 2.05) is 0 Å². The smallest absolute Gasteiger partial charge is 0.322 e. The molecule has 72 valence electrons. The van der Waals surface area contributed by atoms with Crippen molar-refractivity contribution in [2.24, 2.45) is 17.8 Å². The minimum absolute atomic E-state index is 0.0582. The Morgan fingerprint density at radius 1 is 1.31 bits per heavy atom. The molecular weight excluding hydrogens is 170 g/mol. The van der Waals surface area contributed by atoms with Crippen molar-refractivity contribution in [1.82, 2.24) is 5.32 Å². The first-order chi connectivity index (χ1) is 6.20. The summed E-state index contributed by atoms with van der Waals surface area (Å²) < 4.78 is 0. The molecule has 4 heteroatoms. The fourth-order valence-corrected chi connectivity index (χ4v) is 2.49. The second-order valence-corrected chi connectivity index (χ2v) is 3.90. The van der Waals surface area contributed by atoms with E-state index in [4.69, 9.17) is 5.11 Å². The van der Waals surface area contributed by atoms with Crippen molar-refractivity contribution in [3.63, 3.8) is 0 Å². The van der Waals surface area contributed by atoms with Crippen LogP contribution in [-0.2, 0) is 9.59 Å². The summed E-state index contributed by atoms with van der Waals surface area (Å²) in [7, 11) is 0. The van der Waals surface area contributed by atoms with Crippen LogP contribution in [0.15, 0.2) is 0 Å². The van der Waals surface area contributed by atoms with Gasteiger partial charge in [0.05, 0.1) is 0 Å². The molecule has 0 spiro atoms. The summed E-state index contributed by atoms with van der Waals surface area (Å²) in [6, 6.07) is 0. The third kappa shape index (κ3) is 1.53. The minimum Gasteiger partial charge on any atom is -0.480 e. The molecule has 2 fully saturated rings. The molecule has 1 amide bonds. The minimum atomic E-state index is -0.973. The van der Waals surface area contributed by atoms with Gasteiger partial charge in [-0.1, -0.05) is 6.42 Å². The van der Waals surface area contributed by atoms with Crippen LogP contribution in [0, 0.1) is 17.8 Å². The van der Waals surface area contributed by atoms with Gasteiger partial charge in [-0.2, -0.15) is 0 Å². The predicted molar refractivity (Wildman–Crippen MR) is 45.0 cm³/mol. The number of carbonyl (C=O) groups is 2. The number of nitrogens with one attached hydrogen (secondary N) is 1. The van der Waals surface area contributed by atoms with E-state index >= 15 is 0 Å². The van der Waals surface area contributed by atoms with Crippen molar-refractivity contribution in [3.8, 4) is 0 Å². The van der Waals surface area contributed by atoms with Crippen LogP contribution in [0.25, 0.3) is 0 Å². The lowest BCUT2D eigenvalue weighted by molar-refractivity contribution is -0.138. The Morgan fingerprint density at radius 2 is 1.92 bits per heavy atom. The van der Waals surface area contributed by atoms with E-state index in [-0.39, 0.29) is 18.4 Å². The van der Waals surface area contributed by atoms with Crippen molar-refractivity contribution in [3.05, 3.63) is 0 Å². The van der Waals surface area contributed by atoms with Crippen molar-refractivity contribution in [2.75, 3.05) is 6.54 Å². The number of amides is 1. The summed E-state index contributed by atoms with van der Waals surface area (Å²) in [5, 5.41) is 10.8. The molecule has 2 N–H and O–H groups in total. The number of aliphatic carboxylic acids is 1. The lowest BCUT2D eigenvalue weighted by Crippen LogP contribution is -2.31. The van der Waals surface area contributed by atoms with Gasteiger partial charge in [-0.3, -0.25) is 9.59 Å². The van der Waals surface area contributed by atoms with Crippen molar-refractivity contribution in [1.29, 1.82) is 0 Å². The Morgan fingerprint density at radius 3 is 2.46 bits per heavy atom. The maximum Gasteiger partial charge on any atom is 0.322 e. The summed E-state index contributed by atoms with van der Waals surface area (Å²) >= 11 is 0. The maximum absolute atomic E-state index is 11.3. The molecule has 2 rings (SSSR count). The van der Waals surface area contributed by atoms with Gasteiger partial charge in [0, 0.05) is 5.92 Å². The molecule has 0 aliphatic heterocycles. The Kier molecular flexibility index (Phi) is 1.98. The van der Waals surface area contributed by atoms with Crippen molar-refractivity contribution >= 4 is 11.9 Å². The van der Waals surface area contributed by atoms with E-state index in [2.05, 4.69) is 5.32 Å². The molecule has 2 saturated carbocycles. The number of carbonyl (C=O) groups excluding carboxylic acids is 1. The Labute approximate surface area is 76.3 Å². The molecule has 0 aromatic heterocycles. The fraction of sp³-hybridized carbons (Fsp3) is 0.778. The van der Waals surface area contributed by atoms with Gasteiger partial charge < -0.3 is 10.4 Å². The largest absolute Gasteiger partial charge is 0.480 e. The van der Waals surface area contributed by atoms with E-state index in [1.165, 1.54) is 6.42 Å². The van der Waals surface area contributed by atoms with E-state index in [0.717, 1.165) is 12.8 Å². The van der Waals surface area contributed by atoms with Gasteiger partial charge in [-0.15, -0.1) is 0 Å². The van der Waals surface area contributed by atoms with E-state index in [0.29, 0.717) is 11.8 Å². The molecule has 2 unspecified atom stereocenters. The van der Waals surface area contributed by atoms with E-state index in [1.54, 1.807) is 0 Å². The highest BCUT2D eigenvalue weighted by Gasteiger charge is 2.56. The number of rotatable bonds is 3. The number of carboxylic acids is 1. The van der Waals surface area contributed by atoms with Gasteiger partial charge >= 0.3 is 5.97 Å². The molecule has 0 aromatic carbocycles. The molecule has 4 nitrogen and oxygen atoms in total. The normalized spacial score (nSPS) is 35.2. The molecule has 2 atom stereocenters. The molecule has 0 heterocycles. The summed E-state index contributed by atoms with van der Waals surface area (Å²) in [4.78, 5) is 21.5. The highest BCUT2D eigenvalue weighted by molar-refractivity contribution is 5.85. The monoisotopic (exact) mass is 183 g/mol. The summed E-state index contributed by atoms with van der Waals surface area (Å²) in [6.45, 7) is -0.241. The average molecular weight is 183 g/mol. The Balaban J connectivity index is 1.77. The molecule has 0 bridgehead atoms. The van der Waals surface area contributed by atoms with Gasteiger partial charge in [-0.25, -0.2) is 0 Å². The van der Waals surface area contributed by atoms with Crippen molar-refractivity contribution < 1.29 is 14.7 Å². The van der Waals surface area contributed by atoms with Gasteiger partial charge in [0.2, 0.25) is 5.91 Å². The first kappa shape index (κ1) is 8.53. The van der Waals surface area contributed by atoms with Crippen LogP contribution >= 0.6 is 0 Å². The first-order valence-electron chi connectivity index (χ1n) is 4.69. The van der Waals surface area contributed by atoms with Crippen LogP contribution in [-0.4, -0.2) is 23.5 Å². The zero-order valence-electron chi connectivity index (χ0n) is 7.32. The second-order valence-electron chi connectivity index (χ2n) is 3.90. The molecule has 2 aliphatic rings. The summed E-state index contributed by atoms with van der Waals surface area (Å²) in [6.07, 6.45) is 3.53. The average Bonchev–Trinajstić information content (AvgIpc) is 2.56. The second kappa shape index (κ2) is 3.01. The molecule has 2 aliphatic carbocycles. The Hall–Kier alpha value is -1.06. The van der Waals surface area contributed by atoms with Crippen LogP contribution < -0.4 is 5.32 Å². The third-order valence-corrected chi connectivity index (χ3v) is 3.12. The molecule has 0 saturated heterocycles. The first-order valence-corrected chi connectivity index (χ1v) is 4.69. The molecular formula is C9H13NO3. The van der Waals surface area contributed by atoms with Gasteiger partial charge in [0.25, 0.3) is 0 Å². The summed E-state index contributed by atoms with van der Waals surface area (Å²) in [5.41, 5.74) is 0. The topological polar surface area (TPSA) is 66.4 Å². The highest BCUT2D eigenvalue weighted by atomic mass is 16.4. The van der Waals surface area contributed by atoms with Gasteiger partial charge in [0.1, 0.15) is 6.54 Å². The van der Waals surface area contributed by atoms with Crippen LogP contribution in [0.5, 0.6) is 0 Å². The zero-order chi connectivity index (χ0) is 9.42. The summed E-state index contributed by atoms with van der Waals surface area (Å²) in [5.74, 6) is 0.229. The Bertz CT molecular complexity index is 241. The van der Waals surface area contributed by atoms with Crippen LogP contribution in [0.4, 0.5) is 0 Å². The fourth-order valence-electron chi connectivity index (χ4n) is 2.49. The lowest BCUT2D eigenvalue weighted by Gasteiger charge is -2.03. The van der Waals surface area contributed by atoms with E-state index < -0.39 is 5.97 Å². The van der Waals surface area contributed by atoms with Crippen LogP contribution in [0.2, 0.25) is 0 Å². The SMILES string of the molecule is O=C(O)CNC(=O)C1C2CCCC21. The molecule has 0 aromatic rings. The number of fused-ring (bicyclic) bond motifs is 1. The number of hydrogen-bond acceptors (Lipinski definition) is 2. The standard InChI is InChI=1S/C9H13NO3/c11-7(12)4-10-9(13)8-5-2-1-3-6(5)8/h5-6,8H,1-4H2,(H,10,13)(H,11,12). The quantitative estimate of drug-likeness (QED) is 0.658. The van der Waals surface area contributed by atoms with Gasteiger partial charge in [-0.05, 0) is 24.7 Å². The predicted octanol–water partition coefficient (Wildman–Crippen LogP) is 0.233. The molecule has 13 heavy (non-hydrogen) atoms. The highest BCUT2D eigenvalue weighted by Crippen LogP contribution is 2.57. The van der Waals surface area contributed by atoms with Gasteiger partial charge in [0.15, 0.2) is 0 Å². The number of hydrogen-bond donors (Lipinski definition) is 2. The van der Waals surface area contributed by atoms with E-state index in [9.17, 15) is 9.59 Å². The van der Waals surface area contributed by atoms with Crippen LogP contribution in [0.3, 0.4) is 0 Å².